The zero-order valence-electron chi connectivity index (χ0n) is 15.6. The molecule has 0 unspecified atom stereocenters. The van der Waals surface area contributed by atoms with Gasteiger partial charge in [0.15, 0.2) is 18.1 Å². The molecule has 0 saturated carbocycles. The number of carbonyl (C=O) groups excluding carboxylic acids is 3. The quantitative estimate of drug-likeness (QED) is 0.557. The van der Waals surface area contributed by atoms with Crippen molar-refractivity contribution >= 4 is 23.9 Å². The molecular formula is C21H21NO6. The molecule has 2 aromatic rings. The number of benzene rings is 2. The molecule has 0 radical (unpaired) electrons. The van der Waals surface area contributed by atoms with E-state index in [0.29, 0.717) is 29.2 Å². The summed E-state index contributed by atoms with van der Waals surface area (Å²) in [6.07, 6.45) is 2.70. The molecule has 1 N–H and O–H groups in total. The summed E-state index contributed by atoms with van der Waals surface area (Å²) in [4.78, 5) is 35.3. The Morgan fingerprint density at radius 3 is 2.46 bits per heavy atom. The first-order valence-corrected chi connectivity index (χ1v) is 8.58. The van der Waals surface area contributed by atoms with Gasteiger partial charge in [-0.05, 0) is 42.8 Å². The molecule has 0 spiro atoms. The Kier molecular flexibility index (Phi) is 7.77. The lowest BCUT2D eigenvalue weighted by atomic mass is 10.2. The summed E-state index contributed by atoms with van der Waals surface area (Å²) in [6.45, 7) is 1.81. The van der Waals surface area contributed by atoms with E-state index in [2.05, 4.69) is 5.32 Å². The number of esters is 1. The van der Waals surface area contributed by atoms with E-state index in [-0.39, 0.29) is 0 Å². The normalized spacial score (nSPS) is 10.4. The van der Waals surface area contributed by atoms with Gasteiger partial charge in [-0.25, -0.2) is 4.79 Å². The van der Waals surface area contributed by atoms with Crippen LogP contribution in [0.5, 0.6) is 11.5 Å². The van der Waals surface area contributed by atoms with Gasteiger partial charge in [0, 0.05) is 11.6 Å². The molecule has 0 heterocycles. The van der Waals surface area contributed by atoms with Crippen LogP contribution < -0.4 is 14.8 Å². The van der Waals surface area contributed by atoms with Crippen LogP contribution >= 0.6 is 0 Å². The van der Waals surface area contributed by atoms with Gasteiger partial charge in [-0.3, -0.25) is 14.9 Å². The molecule has 0 atom stereocenters. The number of rotatable bonds is 8. The van der Waals surface area contributed by atoms with Crippen LogP contribution in [0.2, 0.25) is 0 Å². The van der Waals surface area contributed by atoms with Gasteiger partial charge in [0.25, 0.3) is 11.8 Å². The van der Waals surface area contributed by atoms with Crippen molar-refractivity contribution in [2.75, 3.05) is 20.3 Å². The molecule has 2 rings (SSSR count). The number of hydrogen-bond donors (Lipinski definition) is 1. The van der Waals surface area contributed by atoms with E-state index in [1.807, 2.05) is 6.92 Å². The van der Waals surface area contributed by atoms with Crippen molar-refractivity contribution in [1.82, 2.24) is 5.32 Å². The van der Waals surface area contributed by atoms with Crippen LogP contribution in [-0.2, 0) is 14.3 Å². The maximum Gasteiger partial charge on any atom is 0.331 e. The highest BCUT2D eigenvalue weighted by molar-refractivity contribution is 6.05. The predicted molar refractivity (Wildman–Crippen MR) is 103 cm³/mol. The highest BCUT2D eigenvalue weighted by Crippen LogP contribution is 2.28. The summed E-state index contributed by atoms with van der Waals surface area (Å²) >= 11 is 0. The number of methoxy groups -OCH3 is 1. The molecule has 7 nitrogen and oxygen atoms in total. The van der Waals surface area contributed by atoms with E-state index >= 15 is 0 Å². The second-order valence-electron chi connectivity index (χ2n) is 5.53. The van der Waals surface area contributed by atoms with Gasteiger partial charge < -0.3 is 14.2 Å². The van der Waals surface area contributed by atoms with Crippen molar-refractivity contribution in [3.05, 3.63) is 65.7 Å². The largest absolute Gasteiger partial charge is 0.493 e. The number of amides is 2. The van der Waals surface area contributed by atoms with E-state index in [9.17, 15) is 14.4 Å². The summed E-state index contributed by atoms with van der Waals surface area (Å²) in [5.74, 6) is -0.840. The van der Waals surface area contributed by atoms with Gasteiger partial charge in [-0.15, -0.1) is 0 Å². The molecule has 0 aromatic heterocycles. The van der Waals surface area contributed by atoms with Gasteiger partial charge in [-0.2, -0.15) is 0 Å². The van der Waals surface area contributed by atoms with Crippen LogP contribution in [0.25, 0.3) is 6.08 Å². The minimum absolute atomic E-state index is 0.339. The summed E-state index contributed by atoms with van der Waals surface area (Å²) in [7, 11) is 1.52. The highest BCUT2D eigenvalue weighted by Gasteiger charge is 2.11. The number of hydrogen-bond acceptors (Lipinski definition) is 6. The fourth-order valence-electron chi connectivity index (χ4n) is 2.24. The SMILES string of the molecule is CCOc1ccc(/C=C/C(=O)OCC(=O)NC(=O)c2ccccc2)cc1OC. The van der Waals surface area contributed by atoms with Crippen LogP contribution in [0.3, 0.4) is 0 Å². The summed E-state index contributed by atoms with van der Waals surface area (Å²) < 4.78 is 15.5. The van der Waals surface area contributed by atoms with E-state index in [0.717, 1.165) is 0 Å². The Balaban J connectivity index is 1.84. The Morgan fingerprint density at radius 1 is 1.04 bits per heavy atom. The number of carbonyl (C=O) groups is 3. The van der Waals surface area contributed by atoms with E-state index in [1.165, 1.54) is 19.3 Å². The summed E-state index contributed by atoms with van der Waals surface area (Å²) in [6, 6.07) is 13.5. The Labute approximate surface area is 162 Å². The van der Waals surface area contributed by atoms with Crippen molar-refractivity contribution in [2.24, 2.45) is 0 Å². The van der Waals surface area contributed by atoms with Gasteiger partial charge in [0.05, 0.1) is 13.7 Å². The topological polar surface area (TPSA) is 90.9 Å². The molecule has 0 aliphatic rings. The van der Waals surface area contributed by atoms with E-state index < -0.39 is 24.4 Å². The molecule has 2 amide bonds. The smallest absolute Gasteiger partial charge is 0.331 e. The van der Waals surface area contributed by atoms with Crippen molar-refractivity contribution in [3.8, 4) is 11.5 Å². The molecule has 7 heteroatoms. The molecule has 2 aromatic carbocycles. The summed E-state index contributed by atoms with van der Waals surface area (Å²) in [5, 5.41) is 2.15. The maximum absolute atomic E-state index is 11.8. The molecule has 0 fully saturated rings. The van der Waals surface area contributed by atoms with Crippen LogP contribution in [0.1, 0.15) is 22.8 Å². The molecule has 146 valence electrons. The van der Waals surface area contributed by atoms with Crippen molar-refractivity contribution in [3.63, 3.8) is 0 Å². The number of nitrogens with one attached hydrogen (secondary N) is 1. The second kappa shape index (κ2) is 10.5. The third kappa shape index (κ3) is 6.28. The Hall–Kier alpha value is -3.61. The maximum atomic E-state index is 11.8. The van der Waals surface area contributed by atoms with Crippen LogP contribution in [0.4, 0.5) is 0 Å². The Morgan fingerprint density at radius 2 is 1.79 bits per heavy atom. The molecular weight excluding hydrogens is 362 g/mol. The lowest BCUT2D eigenvalue weighted by Crippen LogP contribution is -2.33. The molecule has 0 bridgehead atoms. The zero-order chi connectivity index (χ0) is 20.4. The first-order valence-electron chi connectivity index (χ1n) is 8.58. The lowest BCUT2D eigenvalue weighted by molar-refractivity contribution is -0.143. The first-order chi connectivity index (χ1) is 13.5. The van der Waals surface area contributed by atoms with E-state index in [4.69, 9.17) is 14.2 Å². The van der Waals surface area contributed by atoms with Crippen molar-refractivity contribution < 1.29 is 28.6 Å². The average Bonchev–Trinajstić information content (AvgIpc) is 2.72. The third-order valence-electron chi connectivity index (χ3n) is 3.53. The van der Waals surface area contributed by atoms with Crippen LogP contribution in [0, 0.1) is 0 Å². The molecule has 0 saturated heterocycles. The lowest BCUT2D eigenvalue weighted by Gasteiger charge is -2.09. The van der Waals surface area contributed by atoms with Crippen molar-refractivity contribution in [1.29, 1.82) is 0 Å². The van der Waals surface area contributed by atoms with Crippen LogP contribution in [-0.4, -0.2) is 38.1 Å². The molecule has 0 aliphatic carbocycles. The summed E-state index contributed by atoms with van der Waals surface area (Å²) in [5.41, 5.74) is 1.03. The van der Waals surface area contributed by atoms with Crippen molar-refractivity contribution in [2.45, 2.75) is 6.92 Å². The average molecular weight is 383 g/mol. The predicted octanol–water partition coefficient (Wildman–Crippen LogP) is 2.61. The fraction of sp³-hybridized carbons (Fsp3) is 0.190. The monoisotopic (exact) mass is 383 g/mol. The first kappa shape index (κ1) is 20.7. The van der Waals surface area contributed by atoms with Gasteiger partial charge >= 0.3 is 5.97 Å². The Bertz CT molecular complexity index is 860. The molecule has 28 heavy (non-hydrogen) atoms. The minimum Gasteiger partial charge on any atom is -0.493 e. The third-order valence-corrected chi connectivity index (χ3v) is 3.53. The number of imide groups is 1. The van der Waals surface area contributed by atoms with Gasteiger partial charge in [-0.1, -0.05) is 24.3 Å². The van der Waals surface area contributed by atoms with Gasteiger partial charge in [0.2, 0.25) is 0 Å². The standard InChI is InChI=1S/C21H21NO6/c1-3-27-17-11-9-15(13-18(17)26-2)10-12-20(24)28-14-19(23)22-21(25)16-7-5-4-6-8-16/h4-13H,3,14H2,1-2H3,(H,22,23,25)/b12-10+. The van der Waals surface area contributed by atoms with E-state index in [1.54, 1.807) is 48.5 Å². The zero-order valence-corrected chi connectivity index (χ0v) is 15.6. The minimum atomic E-state index is -0.713. The number of ether oxygens (including phenoxy) is 3. The second-order valence-corrected chi connectivity index (χ2v) is 5.53. The van der Waals surface area contributed by atoms with Gasteiger partial charge in [0.1, 0.15) is 0 Å². The van der Waals surface area contributed by atoms with Crippen LogP contribution in [0.15, 0.2) is 54.6 Å². The molecule has 0 aliphatic heterocycles. The highest BCUT2D eigenvalue weighted by atomic mass is 16.5. The fourth-order valence-corrected chi connectivity index (χ4v) is 2.24.